The van der Waals surface area contributed by atoms with E-state index in [1.54, 1.807) is 18.2 Å². The Labute approximate surface area is 194 Å². The monoisotopic (exact) mass is 463 g/mol. The van der Waals surface area contributed by atoms with E-state index in [9.17, 15) is 19.1 Å². The van der Waals surface area contributed by atoms with Crippen LogP contribution in [0.1, 0.15) is 27.6 Å². The predicted octanol–water partition coefficient (Wildman–Crippen LogP) is 4.80. The van der Waals surface area contributed by atoms with E-state index in [4.69, 9.17) is 9.15 Å². The number of ether oxygens (including phenoxy) is 1. The average molecular weight is 463 g/mol. The van der Waals surface area contributed by atoms with Crippen molar-refractivity contribution in [2.45, 2.75) is 6.92 Å². The Balaban J connectivity index is 2.01. The van der Waals surface area contributed by atoms with Gasteiger partial charge in [-0.3, -0.25) is 4.79 Å². The summed E-state index contributed by atoms with van der Waals surface area (Å²) in [5.41, 5.74) is 2.11. The second kappa shape index (κ2) is 9.22. The standard InChI is InChI=1S/C25H22FN3O5/c1-4-28-22-16(14-7-10-19(33-3)17(11-14)25(31)32)12-18-20(23(30)27-2)21(34-24(18)29-22)13-5-8-15(26)9-6-13/h5-12H,4H2,1-3H3,(H,27,30)(H,28,29)(H,31,32). The maximum Gasteiger partial charge on any atom is 0.339 e. The second-order valence-electron chi connectivity index (χ2n) is 7.38. The van der Waals surface area contributed by atoms with Gasteiger partial charge in [0.05, 0.1) is 18.1 Å². The molecule has 0 bridgehead atoms. The minimum absolute atomic E-state index is 0.00624. The van der Waals surface area contributed by atoms with E-state index in [0.29, 0.717) is 34.4 Å². The highest BCUT2D eigenvalue weighted by Gasteiger charge is 2.25. The first kappa shape index (κ1) is 22.8. The summed E-state index contributed by atoms with van der Waals surface area (Å²) in [5.74, 6) is -1.01. The van der Waals surface area contributed by atoms with Gasteiger partial charge in [0.25, 0.3) is 5.91 Å². The number of carbonyl (C=O) groups excluding carboxylic acids is 1. The molecule has 2 aromatic carbocycles. The largest absolute Gasteiger partial charge is 0.496 e. The molecule has 0 saturated carbocycles. The number of hydrogen-bond acceptors (Lipinski definition) is 6. The van der Waals surface area contributed by atoms with Crippen LogP contribution in [0.5, 0.6) is 5.75 Å². The lowest BCUT2D eigenvalue weighted by molar-refractivity contribution is 0.0693. The molecule has 0 unspecified atom stereocenters. The first-order chi connectivity index (χ1) is 16.4. The van der Waals surface area contributed by atoms with E-state index >= 15 is 0 Å². The maximum absolute atomic E-state index is 13.5. The van der Waals surface area contributed by atoms with Crippen LogP contribution in [0.25, 0.3) is 33.6 Å². The van der Waals surface area contributed by atoms with Gasteiger partial charge in [-0.25, -0.2) is 9.18 Å². The number of methoxy groups -OCH3 is 1. The van der Waals surface area contributed by atoms with Gasteiger partial charge in [-0.05, 0) is 55.0 Å². The number of aromatic nitrogens is 1. The molecule has 0 fully saturated rings. The first-order valence-corrected chi connectivity index (χ1v) is 10.5. The van der Waals surface area contributed by atoms with Crippen molar-refractivity contribution in [1.29, 1.82) is 0 Å². The van der Waals surface area contributed by atoms with E-state index in [1.807, 2.05) is 6.92 Å². The van der Waals surface area contributed by atoms with Gasteiger partial charge >= 0.3 is 5.97 Å². The molecule has 0 aliphatic rings. The molecule has 0 radical (unpaired) electrons. The quantitative estimate of drug-likeness (QED) is 0.361. The Hall–Kier alpha value is -4.40. The number of benzene rings is 2. The van der Waals surface area contributed by atoms with Crippen molar-refractivity contribution in [2.24, 2.45) is 0 Å². The molecule has 0 spiro atoms. The van der Waals surface area contributed by atoms with Crippen molar-refractivity contribution in [2.75, 3.05) is 26.0 Å². The van der Waals surface area contributed by atoms with Crippen molar-refractivity contribution >= 4 is 28.8 Å². The Kier molecular flexibility index (Phi) is 6.18. The molecule has 0 aliphatic heterocycles. The third kappa shape index (κ3) is 4.03. The molecule has 9 heteroatoms. The molecule has 0 saturated heterocycles. The number of fused-ring (bicyclic) bond motifs is 1. The van der Waals surface area contributed by atoms with Crippen LogP contribution in [0.15, 0.2) is 52.9 Å². The van der Waals surface area contributed by atoms with Crippen molar-refractivity contribution in [3.8, 4) is 28.2 Å². The number of nitrogens with one attached hydrogen (secondary N) is 2. The summed E-state index contributed by atoms with van der Waals surface area (Å²) in [7, 11) is 2.90. The van der Waals surface area contributed by atoms with Crippen LogP contribution in [0, 0.1) is 5.82 Å². The molecule has 0 aliphatic carbocycles. The van der Waals surface area contributed by atoms with Gasteiger partial charge in [0, 0.05) is 24.7 Å². The number of furan rings is 1. The average Bonchev–Trinajstić information content (AvgIpc) is 3.21. The number of carbonyl (C=O) groups is 2. The van der Waals surface area contributed by atoms with Crippen molar-refractivity contribution < 1.29 is 28.2 Å². The highest BCUT2D eigenvalue weighted by atomic mass is 19.1. The number of pyridine rings is 1. The van der Waals surface area contributed by atoms with Crippen molar-refractivity contribution in [3.63, 3.8) is 0 Å². The first-order valence-electron chi connectivity index (χ1n) is 10.5. The van der Waals surface area contributed by atoms with Crippen LogP contribution >= 0.6 is 0 Å². The minimum atomic E-state index is -1.13. The van der Waals surface area contributed by atoms with Crippen LogP contribution < -0.4 is 15.4 Å². The van der Waals surface area contributed by atoms with E-state index in [1.165, 1.54) is 44.5 Å². The van der Waals surface area contributed by atoms with E-state index in [2.05, 4.69) is 15.6 Å². The number of rotatable bonds is 7. The Bertz CT molecular complexity index is 1400. The molecule has 34 heavy (non-hydrogen) atoms. The number of carboxylic acids is 1. The van der Waals surface area contributed by atoms with Crippen LogP contribution in [0.2, 0.25) is 0 Å². The summed E-state index contributed by atoms with van der Waals surface area (Å²) in [4.78, 5) is 29.2. The summed E-state index contributed by atoms with van der Waals surface area (Å²) >= 11 is 0. The highest BCUT2D eigenvalue weighted by Crippen LogP contribution is 2.38. The van der Waals surface area contributed by atoms with Crippen molar-refractivity contribution in [1.82, 2.24) is 10.3 Å². The number of halogens is 1. The maximum atomic E-state index is 13.5. The lowest BCUT2D eigenvalue weighted by Crippen LogP contribution is -2.18. The van der Waals surface area contributed by atoms with Gasteiger partial charge in [-0.1, -0.05) is 6.07 Å². The zero-order valence-corrected chi connectivity index (χ0v) is 18.7. The van der Waals surface area contributed by atoms with Crippen LogP contribution in [0.3, 0.4) is 0 Å². The normalized spacial score (nSPS) is 10.8. The Morgan fingerprint density at radius 2 is 1.82 bits per heavy atom. The molecule has 174 valence electrons. The van der Waals surface area contributed by atoms with Gasteiger partial charge in [0.1, 0.15) is 28.7 Å². The molecule has 2 heterocycles. The van der Waals surface area contributed by atoms with Gasteiger partial charge in [-0.2, -0.15) is 4.98 Å². The number of amides is 1. The Morgan fingerprint density at radius 1 is 1.12 bits per heavy atom. The third-order valence-electron chi connectivity index (χ3n) is 5.33. The number of carboxylic acid groups (broad SMARTS) is 1. The fourth-order valence-corrected chi connectivity index (χ4v) is 3.74. The van der Waals surface area contributed by atoms with Gasteiger partial charge in [-0.15, -0.1) is 0 Å². The van der Waals surface area contributed by atoms with Crippen LogP contribution in [-0.2, 0) is 0 Å². The van der Waals surface area contributed by atoms with E-state index < -0.39 is 17.7 Å². The zero-order chi connectivity index (χ0) is 24.4. The minimum Gasteiger partial charge on any atom is -0.496 e. The Morgan fingerprint density at radius 3 is 2.44 bits per heavy atom. The molecule has 0 atom stereocenters. The number of nitrogens with zero attached hydrogens (tertiary/aromatic N) is 1. The fourth-order valence-electron chi connectivity index (χ4n) is 3.74. The smallest absolute Gasteiger partial charge is 0.339 e. The number of aromatic carboxylic acids is 1. The van der Waals surface area contributed by atoms with Crippen molar-refractivity contribution in [3.05, 3.63) is 65.5 Å². The molecular weight excluding hydrogens is 441 g/mol. The summed E-state index contributed by atoms with van der Waals surface area (Å²) < 4.78 is 24.6. The molecule has 8 nitrogen and oxygen atoms in total. The van der Waals surface area contributed by atoms with Gasteiger partial charge < -0.3 is 24.9 Å². The lowest BCUT2D eigenvalue weighted by atomic mass is 9.99. The zero-order valence-electron chi connectivity index (χ0n) is 18.7. The molecular formula is C25H22FN3O5. The van der Waals surface area contributed by atoms with E-state index in [0.717, 1.165) is 0 Å². The van der Waals surface area contributed by atoms with Gasteiger partial charge in [0.2, 0.25) is 5.71 Å². The molecule has 4 rings (SSSR count). The fraction of sp³-hybridized carbons (Fsp3) is 0.160. The number of hydrogen-bond donors (Lipinski definition) is 3. The topological polar surface area (TPSA) is 114 Å². The SMILES string of the molecule is CCNc1nc2oc(-c3ccc(F)cc3)c(C(=O)NC)c2cc1-c1ccc(OC)c(C(=O)O)c1. The summed E-state index contributed by atoms with van der Waals surface area (Å²) in [6.45, 7) is 2.44. The summed E-state index contributed by atoms with van der Waals surface area (Å²) in [6.07, 6.45) is 0. The van der Waals surface area contributed by atoms with Crippen LogP contribution in [0.4, 0.5) is 10.2 Å². The predicted molar refractivity (Wildman–Crippen MR) is 126 cm³/mol. The van der Waals surface area contributed by atoms with Crippen LogP contribution in [-0.4, -0.2) is 42.7 Å². The second-order valence-corrected chi connectivity index (χ2v) is 7.38. The molecule has 1 amide bonds. The highest BCUT2D eigenvalue weighted by molar-refractivity contribution is 6.11. The third-order valence-corrected chi connectivity index (χ3v) is 5.33. The van der Waals surface area contributed by atoms with E-state index in [-0.39, 0.29) is 28.4 Å². The lowest BCUT2D eigenvalue weighted by Gasteiger charge is -2.12. The number of anilines is 1. The molecule has 3 N–H and O–H groups in total. The summed E-state index contributed by atoms with van der Waals surface area (Å²) in [5, 5.41) is 15.8. The summed E-state index contributed by atoms with van der Waals surface area (Å²) in [6, 6.07) is 12.1. The molecule has 4 aromatic rings. The van der Waals surface area contributed by atoms with Gasteiger partial charge in [0.15, 0.2) is 0 Å². The molecule has 2 aromatic heterocycles.